The van der Waals surface area contributed by atoms with E-state index in [1.54, 1.807) is 13.0 Å². The van der Waals surface area contributed by atoms with Gasteiger partial charge in [-0.1, -0.05) is 6.07 Å². The highest BCUT2D eigenvalue weighted by Gasteiger charge is 2.15. The molecule has 0 heterocycles. The Morgan fingerprint density at radius 3 is 2.45 bits per heavy atom. The van der Waals surface area contributed by atoms with Gasteiger partial charge in [0.2, 0.25) is 0 Å². The molecule has 0 unspecified atom stereocenters. The topological polar surface area (TPSA) is 38.3 Å². The number of halogens is 2. The van der Waals surface area contributed by atoms with Crippen LogP contribution in [0.25, 0.3) is 0 Å². The normalized spacial score (nSPS) is 11.8. The van der Waals surface area contributed by atoms with E-state index < -0.39 is 17.8 Å². The van der Waals surface area contributed by atoms with Crippen LogP contribution in [0.3, 0.4) is 0 Å². The van der Waals surface area contributed by atoms with Crippen molar-refractivity contribution in [2.24, 2.45) is 0 Å². The molecule has 0 radical (unpaired) electrons. The molecule has 3 nitrogen and oxygen atoms in total. The molecule has 5 heteroatoms. The molecule has 0 aliphatic heterocycles. The number of hydrogen-bond donors (Lipinski definition) is 1. The third-order valence-corrected chi connectivity index (χ3v) is 2.59. The van der Waals surface area contributed by atoms with Gasteiger partial charge < -0.3 is 10.1 Å². The summed E-state index contributed by atoms with van der Waals surface area (Å²) in [4.78, 5) is 11.9. The second-order valence-electron chi connectivity index (χ2n) is 4.21. The predicted octanol–water partition coefficient (Wildman–Crippen LogP) is 3.37. The molecule has 1 N–H and O–H groups in total. The van der Waals surface area contributed by atoms with E-state index in [1.807, 2.05) is 0 Å². The number of hydrogen-bond acceptors (Lipinski definition) is 2. The molecule has 1 atom stereocenters. The summed E-state index contributed by atoms with van der Waals surface area (Å²) < 4.78 is 31.0. The minimum absolute atomic E-state index is 0.270. The molecule has 2 rings (SSSR count). The number of carbonyl (C=O) groups excluding carboxylic acids is 1. The minimum atomic E-state index is -0.804. The summed E-state index contributed by atoms with van der Waals surface area (Å²) in [5.74, 6) is -0.951. The first-order valence-electron chi connectivity index (χ1n) is 6.03. The summed E-state index contributed by atoms with van der Waals surface area (Å²) in [6.07, 6.45) is -0.804. The second kappa shape index (κ2) is 6.14. The number of nitrogens with one attached hydrogen (secondary N) is 1. The standard InChI is InChI=1S/C15H13F2NO2/c1-10(20-14-4-2-3-12(17)9-14)15(19)18-13-7-5-11(16)6-8-13/h2-10H,1H3,(H,18,19)/t10-/m1/s1. The van der Waals surface area contributed by atoms with Crippen LogP contribution in [-0.2, 0) is 4.79 Å². The average molecular weight is 277 g/mol. The van der Waals surface area contributed by atoms with Crippen molar-refractivity contribution < 1.29 is 18.3 Å². The first kappa shape index (κ1) is 14.0. The molecule has 2 aromatic rings. The molecule has 0 aliphatic rings. The molecule has 0 saturated heterocycles. The number of amides is 1. The van der Waals surface area contributed by atoms with E-state index in [0.717, 1.165) is 0 Å². The fourth-order valence-corrected chi connectivity index (χ4v) is 1.58. The Bertz CT molecular complexity index is 599. The maximum atomic E-state index is 13.0. The summed E-state index contributed by atoms with van der Waals surface area (Å²) >= 11 is 0. The van der Waals surface area contributed by atoms with Crippen LogP contribution in [-0.4, -0.2) is 12.0 Å². The van der Waals surface area contributed by atoms with Crippen LogP contribution in [0.15, 0.2) is 48.5 Å². The Hall–Kier alpha value is -2.43. The molecule has 0 bridgehead atoms. The Labute approximate surface area is 115 Å². The molecule has 2 aromatic carbocycles. The van der Waals surface area contributed by atoms with Gasteiger partial charge in [-0.05, 0) is 43.3 Å². The Balaban J connectivity index is 1.96. The van der Waals surface area contributed by atoms with Gasteiger partial charge in [-0.25, -0.2) is 8.78 Å². The number of ether oxygens (including phenoxy) is 1. The lowest BCUT2D eigenvalue weighted by atomic mass is 10.3. The molecule has 1 amide bonds. The van der Waals surface area contributed by atoms with E-state index in [4.69, 9.17) is 4.74 Å². The van der Waals surface area contributed by atoms with E-state index in [9.17, 15) is 13.6 Å². The lowest BCUT2D eigenvalue weighted by molar-refractivity contribution is -0.122. The van der Waals surface area contributed by atoms with Gasteiger partial charge in [0.1, 0.15) is 17.4 Å². The van der Waals surface area contributed by atoms with Crippen molar-refractivity contribution in [3.8, 4) is 5.75 Å². The molecule has 0 saturated carbocycles. The van der Waals surface area contributed by atoms with Crippen molar-refractivity contribution in [1.82, 2.24) is 0 Å². The van der Waals surface area contributed by atoms with Crippen LogP contribution in [0.1, 0.15) is 6.92 Å². The average Bonchev–Trinajstić information content (AvgIpc) is 2.41. The summed E-state index contributed by atoms with van der Waals surface area (Å²) in [5, 5.41) is 2.58. The van der Waals surface area contributed by atoms with E-state index in [-0.39, 0.29) is 11.6 Å². The smallest absolute Gasteiger partial charge is 0.265 e. The van der Waals surface area contributed by atoms with Crippen LogP contribution >= 0.6 is 0 Å². The summed E-state index contributed by atoms with van der Waals surface area (Å²) in [6, 6.07) is 10.9. The molecule has 20 heavy (non-hydrogen) atoms. The maximum absolute atomic E-state index is 13.0. The molecule has 0 fully saturated rings. The van der Waals surface area contributed by atoms with Crippen LogP contribution < -0.4 is 10.1 Å². The third kappa shape index (κ3) is 3.78. The highest BCUT2D eigenvalue weighted by molar-refractivity contribution is 5.94. The SMILES string of the molecule is C[C@@H](Oc1cccc(F)c1)C(=O)Nc1ccc(F)cc1. The molecular weight excluding hydrogens is 264 g/mol. The molecule has 0 spiro atoms. The second-order valence-corrected chi connectivity index (χ2v) is 4.21. The largest absolute Gasteiger partial charge is 0.481 e. The Kier molecular flexibility index (Phi) is 4.30. The van der Waals surface area contributed by atoms with Gasteiger partial charge in [0, 0.05) is 11.8 Å². The Morgan fingerprint density at radius 1 is 1.10 bits per heavy atom. The maximum Gasteiger partial charge on any atom is 0.265 e. The predicted molar refractivity (Wildman–Crippen MR) is 71.5 cm³/mol. The fourth-order valence-electron chi connectivity index (χ4n) is 1.58. The van der Waals surface area contributed by atoms with Crippen molar-refractivity contribution in [3.63, 3.8) is 0 Å². The van der Waals surface area contributed by atoms with Crippen molar-refractivity contribution in [2.45, 2.75) is 13.0 Å². The summed E-state index contributed by atoms with van der Waals surface area (Å²) in [7, 11) is 0. The minimum Gasteiger partial charge on any atom is -0.481 e. The van der Waals surface area contributed by atoms with Crippen molar-refractivity contribution in [1.29, 1.82) is 0 Å². The lowest BCUT2D eigenvalue weighted by Gasteiger charge is -2.14. The fraction of sp³-hybridized carbons (Fsp3) is 0.133. The van der Waals surface area contributed by atoms with Crippen molar-refractivity contribution in [3.05, 3.63) is 60.2 Å². The first-order valence-corrected chi connectivity index (χ1v) is 6.03. The van der Waals surface area contributed by atoms with Gasteiger partial charge in [-0.2, -0.15) is 0 Å². The molecule has 104 valence electrons. The highest BCUT2D eigenvalue weighted by atomic mass is 19.1. The summed E-state index contributed by atoms with van der Waals surface area (Å²) in [6.45, 7) is 1.55. The zero-order chi connectivity index (χ0) is 14.5. The van der Waals surface area contributed by atoms with Gasteiger partial charge in [0.05, 0.1) is 0 Å². The molecule has 0 aliphatic carbocycles. The van der Waals surface area contributed by atoms with E-state index in [1.165, 1.54) is 42.5 Å². The zero-order valence-electron chi connectivity index (χ0n) is 10.8. The lowest BCUT2D eigenvalue weighted by Crippen LogP contribution is -2.30. The highest BCUT2D eigenvalue weighted by Crippen LogP contribution is 2.15. The van der Waals surface area contributed by atoms with Gasteiger partial charge >= 0.3 is 0 Å². The zero-order valence-corrected chi connectivity index (χ0v) is 10.8. The first-order chi connectivity index (χ1) is 9.54. The van der Waals surface area contributed by atoms with Crippen LogP contribution in [0, 0.1) is 11.6 Å². The van der Waals surface area contributed by atoms with E-state index in [2.05, 4.69) is 5.32 Å². The van der Waals surface area contributed by atoms with Crippen LogP contribution in [0.4, 0.5) is 14.5 Å². The number of benzene rings is 2. The summed E-state index contributed by atoms with van der Waals surface area (Å²) in [5.41, 5.74) is 0.464. The quantitative estimate of drug-likeness (QED) is 0.930. The van der Waals surface area contributed by atoms with Gasteiger partial charge in [-0.15, -0.1) is 0 Å². The number of carbonyl (C=O) groups is 1. The van der Waals surface area contributed by atoms with Gasteiger partial charge in [0.15, 0.2) is 6.10 Å². The molecule has 0 aromatic heterocycles. The van der Waals surface area contributed by atoms with E-state index >= 15 is 0 Å². The Morgan fingerprint density at radius 2 is 1.80 bits per heavy atom. The van der Waals surface area contributed by atoms with Crippen molar-refractivity contribution >= 4 is 11.6 Å². The van der Waals surface area contributed by atoms with Gasteiger partial charge in [0.25, 0.3) is 5.91 Å². The monoisotopic (exact) mass is 277 g/mol. The number of anilines is 1. The van der Waals surface area contributed by atoms with Crippen LogP contribution in [0.5, 0.6) is 5.75 Å². The van der Waals surface area contributed by atoms with Crippen molar-refractivity contribution in [2.75, 3.05) is 5.32 Å². The van der Waals surface area contributed by atoms with Crippen LogP contribution in [0.2, 0.25) is 0 Å². The molecular formula is C15H13F2NO2. The van der Waals surface area contributed by atoms with Gasteiger partial charge in [-0.3, -0.25) is 4.79 Å². The van der Waals surface area contributed by atoms with E-state index in [0.29, 0.717) is 5.69 Å². The third-order valence-electron chi connectivity index (χ3n) is 2.59. The number of rotatable bonds is 4.